The molecule has 1 aromatic rings. The highest BCUT2D eigenvalue weighted by Gasteiger charge is 2.16. The fraction of sp³-hybridized carbons (Fsp3) is 0.417. The van der Waals surface area contributed by atoms with Gasteiger partial charge in [0, 0.05) is 24.6 Å². The van der Waals surface area contributed by atoms with Crippen LogP contribution in [0.3, 0.4) is 0 Å². The van der Waals surface area contributed by atoms with Crippen molar-refractivity contribution in [1.82, 2.24) is 0 Å². The Balaban J connectivity index is 3.01. The van der Waals surface area contributed by atoms with Crippen LogP contribution in [0.1, 0.15) is 6.92 Å². The van der Waals surface area contributed by atoms with E-state index in [4.69, 9.17) is 15.2 Å². The largest absolute Gasteiger partial charge is 0.494 e. The van der Waals surface area contributed by atoms with Crippen LogP contribution in [0, 0.1) is 11.7 Å². The first-order valence-corrected chi connectivity index (χ1v) is 5.46. The number of carbonyl (C=O) groups is 1. The van der Waals surface area contributed by atoms with Gasteiger partial charge in [0.25, 0.3) is 0 Å². The second kappa shape index (κ2) is 6.20. The molecule has 100 valence electrons. The Morgan fingerprint density at radius 2 is 2.00 bits per heavy atom. The van der Waals surface area contributed by atoms with Crippen molar-refractivity contribution in [3.63, 3.8) is 0 Å². The first kappa shape index (κ1) is 14.2. The van der Waals surface area contributed by atoms with Gasteiger partial charge in [0.2, 0.25) is 5.91 Å². The van der Waals surface area contributed by atoms with Crippen LogP contribution < -0.4 is 20.5 Å². The van der Waals surface area contributed by atoms with E-state index in [0.29, 0.717) is 5.75 Å². The van der Waals surface area contributed by atoms with Gasteiger partial charge in [-0.3, -0.25) is 4.79 Å². The predicted octanol–water partition coefficient (Wildman–Crippen LogP) is 1.38. The zero-order valence-electron chi connectivity index (χ0n) is 10.6. The number of ether oxygens (including phenoxy) is 2. The molecule has 0 saturated carbocycles. The molecule has 18 heavy (non-hydrogen) atoms. The second-order valence-electron chi connectivity index (χ2n) is 3.81. The van der Waals surface area contributed by atoms with Crippen molar-refractivity contribution in [2.45, 2.75) is 6.92 Å². The summed E-state index contributed by atoms with van der Waals surface area (Å²) in [7, 11) is 2.78. The van der Waals surface area contributed by atoms with Gasteiger partial charge in [0.05, 0.1) is 19.9 Å². The minimum absolute atomic E-state index is 0.0525. The molecule has 0 saturated heterocycles. The normalized spacial score (nSPS) is 11.8. The van der Waals surface area contributed by atoms with Crippen molar-refractivity contribution >= 4 is 11.6 Å². The summed E-state index contributed by atoms with van der Waals surface area (Å²) in [6.07, 6.45) is 0. The van der Waals surface area contributed by atoms with Crippen LogP contribution in [0.2, 0.25) is 0 Å². The summed E-state index contributed by atoms with van der Waals surface area (Å²) >= 11 is 0. The van der Waals surface area contributed by atoms with Crippen LogP contribution in [-0.4, -0.2) is 26.7 Å². The van der Waals surface area contributed by atoms with E-state index in [1.165, 1.54) is 20.3 Å². The molecule has 0 aliphatic carbocycles. The second-order valence-corrected chi connectivity index (χ2v) is 3.81. The minimum atomic E-state index is -0.575. The van der Waals surface area contributed by atoms with Crippen LogP contribution in [0.15, 0.2) is 12.1 Å². The van der Waals surface area contributed by atoms with Crippen LogP contribution in [0.25, 0.3) is 0 Å². The third-order valence-corrected chi connectivity index (χ3v) is 2.53. The summed E-state index contributed by atoms with van der Waals surface area (Å²) in [4.78, 5) is 11.7. The number of nitrogens with two attached hydrogens (primary N) is 1. The summed E-state index contributed by atoms with van der Waals surface area (Å²) in [5.41, 5.74) is 5.64. The molecule has 1 aromatic carbocycles. The molecule has 0 radical (unpaired) electrons. The van der Waals surface area contributed by atoms with Gasteiger partial charge in [-0.05, 0) is 0 Å². The van der Waals surface area contributed by atoms with E-state index in [1.807, 2.05) is 0 Å². The number of hydrogen-bond acceptors (Lipinski definition) is 4. The molecule has 1 rings (SSSR count). The molecule has 0 spiro atoms. The first-order chi connectivity index (χ1) is 8.53. The molecular formula is C12H17FN2O3. The number of amides is 1. The molecule has 6 heteroatoms. The molecule has 0 bridgehead atoms. The van der Waals surface area contributed by atoms with E-state index in [2.05, 4.69) is 5.32 Å². The van der Waals surface area contributed by atoms with Crippen LogP contribution in [0.5, 0.6) is 11.5 Å². The topological polar surface area (TPSA) is 73.6 Å². The van der Waals surface area contributed by atoms with E-state index < -0.39 is 5.82 Å². The Kier molecular flexibility index (Phi) is 4.91. The van der Waals surface area contributed by atoms with Crippen molar-refractivity contribution in [2.75, 3.05) is 26.1 Å². The van der Waals surface area contributed by atoms with E-state index in [1.54, 1.807) is 6.92 Å². The van der Waals surface area contributed by atoms with Crippen molar-refractivity contribution in [2.24, 2.45) is 11.7 Å². The highest BCUT2D eigenvalue weighted by Crippen LogP contribution is 2.32. The third kappa shape index (κ3) is 3.10. The number of methoxy groups -OCH3 is 2. The van der Waals surface area contributed by atoms with E-state index in [-0.39, 0.29) is 29.8 Å². The summed E-state index contributed by atoms with van der Waals surface area (Å²) in [6.45, 7) is 1.90. The maximum atomic E-state index is 13.5. The van der Waals surface area contributed by atoms with Gasteiger partial charge in [-0.25, -0.2) is 4.39 Å². The lowest BCUT2D eigenvalue weighted by Crippen LogP contribution is -2.26. The van der Waals surface area contributed by atoms with Crippen LogP contribution in [0.4, 0.5) is 10.1 Å². The fourth-order valence-electron chi connectivity index (χ4n) is 1.32. The van der Waals surface area contributed by atoms with Gasteiger partial charge in [0.1, 0.15) is 5.75 Å². The smallest absolute Gasteiger partial charge is 0.228 e. The summed E-state index contributed by atoms with van der Waals surface area (Å²) in [5.74, 6) is -0.850. The highest BCUT2D eigenvalue weighted by molar-refractivity contribution is 5.94. The molecule has 5 nitrogen and oxygen atoms in total. The number of carbonyl (C=O) groups excluding carboxylic acids is 1. The number of halogens is 1. The fourth-order valence-corrected chi connectivity index (χ4v) is 1.32. The van der Waals surface area contributed by atoms with Crippen molar-refractivity contribution < 1.29 is 18.7 Å². The molecule has 3 N–H and O–H groups in total. The summed E-state index contributed by atoms with van der Waals surface area (Å²) in [6, 6.07) is 2.52. The number of anilines is 1. The van der Waals surface area contributed by atoms with Gasteiger partial charge >= 0.3 is 0 Å². The monoisotopic (exact) mass is 256 g/mol. The Labute approximate surface area is 105 Å². The van der Waals surface area contributed by atoms with Crippen molar-refractivity contribution in [3.8, 4) is 11.5 Å². The first-order valence-electron chi connectivity index (χ1n) is 5.46. The summed E-state index contributed by atoms with van der Waals surface area (Å²) in [5, 5.41) is 2.56. The van der Waals surface area contributed by atoms with Crippen molar-refractivity contribution in [1.29, 1.82) is 0 Å². The maximum Gasteiger partial charge on any atom is 0.228 e. The van der Waals surface area contributed by atoms with E-state index in [9.17, 15) is 9.18 Å². The standard InChI is InChI=1S/C12H17FN2O3/c1-7(6-14)12(16)15-9-4-8(13)10(17-2)5-11(9)18-3/h4-5,7H,6,14H2,1-3H3,(H,15,16). The molecule has 0 heterocycles. The molecule has 0 aromatic heterocycles. The Morgan fingerprint density at radius 1 is 1.39 bits per heavy atom. The number of rotatable bonds is 5. The average molecular weight is 256 g/mol. The Hall–Kier alpha value is -1.82. The van der Waals surface area contributed by atoms with Gasteiger partial charge in [-0.15, -0.1) is 0 Å². The molecular weight excluding hydrogens is 239 g/mol. The van der Waals surface area contributed by atoms with Gasteiger partial charge in [-0.2, -0.15) is 0 Å². The van der Waals surface area contributed by atoms with Crippen LogP contribution >= 0.6 is 0 Å². The lowest BCUT2D eigenvalue weighted by molar-refractivity contribution is -0.119. The van der Waals surface area contributed by atoms with Crippen LogP contribution in [-0.2, 0) is 4.79 Å². The lowest BCUT2D eigenvalue weighted by Gasteiger charge is -2.14. The van der Waals surface area contributed by atoms with Gasteiger partial charge in [-0.1, -0.05) is 6.92 Å². The molecule has 0 aliphatic rings. The predicted molar refractivity (Wildman–Crippen MR) is 66.4 cm³/mol. The number of hydrogen-bond donors (Lipinski definition) is 2. The van der Waals surface area contributed by atoms with Gasteiger partial charge < -0.3 is 20.5 Å². The van der Waals surface area contributed by atoms with Crippen molar-refractivity contribution in [3.05, 3.63) is 17.9 Å². The molecule has 1 atom stereocenters. The SMILES string of the molecule is COc1cc(OC)c(NC(=O)C(C)CN)cc1F. The molecule has 0 aliphatic heterocycles. The van der Waals surface area contributed by atoms with E-state index >= 15 is 0 Å². The maximum absolute atomic E-state index is 13.5. The molecule has 0 fully saturated rings. The highest BCUT2D eigenvalue weighted by atomic mass is 19.1. The zero-order valence-corrected chi connectivity index (χ0v) is 10.6. The average Bonchev–Trinajstić information content (AvgIpc) is 2.38. The number of nitrogens with one attached hydrogen (secondary N) is 1. The zero-order chi connectivity index (χ0) is 13.7. The number of benzene rings is 1. The lowest BCUT2D eigenvalue weighted by atomic mass is 10.1. The quantitative estimate of drug-likeness (QED) is 0.834. The Morgan fingerprint density at radius 3 is 2.50 bits per heavy atom. The summed E-state index contributed by atoms with van der Waals surface area (Å²) < 4.78 is 23.4. The third-order valence-electron chi connectivity index (χ3n) is 2.53. The van der Waals surface area contributed by atoms with Gasteiger partial charge in [0.15, 0.2) is 11.6 Å². The molecule has 1 unspecified atom stereocenters. The minimum Gasteiger partial charge on any atom is -0.494 e. The van der Waals surface area contributed by atoms with E-state index in [0.717, 1.165) is 6.07 Å². The molecule has 1 amide bonds. The Bertz CT molecular complexity index is 438.